The van der Waals surface area contributed by atoms with Crippen LogP contribution in [-0.2, 0) is 11.2 Å². The third-order valence-electron chi connectivity index (χ3n) is 3.04. The summed E-state index contributed by atoms with van der Waals surface area (Å²) in [4.78, 5) is 13.4. The van der Waals surface area contributed by atoms with Crippen molar-refractivity contribution in [1.82, 2.24) is 4.90 Å². The first-order valence-electron chi connectivity index (χ1n) is 6.40. The number of aryl methyl sites for hydroxylation is 1. The van der Waals surface area contributed by atoms with Crippen LogP contribution in [-0.4, -0.2) is 23.9 Å². The van der Waals surface area contributed by atoms with Gasteiger partial charge in [-0.15, -0.1) is 0 Å². The van der Waals surface area contributed by atoms with Crippen LogP contribution >= 0.6 is 0 Å². The topological polar surface area (TPSA) is 20.3 Å². The van der Waals surface area contributed by atoms with Crippen molar-refractivity contribution in [1.29, 1.82) is 0 Å². The van der Waals surface area contributed by atoms with Crippen LogP contribution in [0, 0.1) is 17.5 Å². The molecule has 106 valence electrons. The Morgan fingerprint density at radius 1 is 1.05 bits per heavy atom. The van der Waals surface area contributed by atoms with E-state index < -0.39 is 17.5 Å². The SMILES string of the molecule is CCN(CC)C(=O)CCCc1cc(F)c(F)cc1F. The van der Waals surface area contributed by atoms with Crippen LogP contribution in [0.25, 0.3) is 0 Å². The molecule has 1 aromatic rings. The fourth-order valence-electron chi connectivity index (χ4n) is 1.92. The highest BCUT2D eigenvalue weighted by atomic mass is 19.2. The van der Waals surface area contributed by atoms with Gasteiger partial charge in [0, 0.05) is 25.6 Å². The minimum atomic E-state index is -1.19. The van der Waals surface area contributed by atoms with Crippen molar-refractivity contribution < 1.29 is 18.0 Å². The fourth-order valence-corrected chi connectivity index (χ4v) is 1.92. The third kappa shape index (κ3) is 4.26. The van der Waals surface area contributed by atoms with Crippen LogP contribution in [0.1, 0.15) is 32.3 Å². The number of rotatable bonds is 6. The number of hydrogen-bond acceptors (Lipinski definition) is 1. The van der Waals surface area contributed by atoms with Gasteiger partial charge in [0.25, 0.3) is 0 Å². The Morgan fingerprint density at radius 3 is 2.21 bits per heavy atom. The van der Waals surface area contributed by atoms with Crippen molar-refractivity contribution in [2.45, 2.75) is 33.1 Å². The lowest BCUT2D eigenvalue weighted by molar-refractivity contribution is -0.130. The number of carbonyl (C=O) groups excluding carboxylic acids is 1. The second-order valence-electron chi connectivity index (χ2n) is 4.28. The van der Waals surface area contributed by atoms with Crippen molar-refractivity contribution in [3.8, 4) is 0 Å². The second kappa shape index (κ2) is 7.16. The zero-order valence-corrected chi connectivity index (χ0v) is 11.2. The number of halogens is 3. The number of benzene rings is 1. The van der Waals surface area contributed by atoms with Crippen LogP contribution < -0.4 is 0 Å². The van der Waals surface area contributed by atoms with Crippen LogP contribution in [0.3, 0.4) is 0 Å². The molecule has 0 spiro atoms. The molecule has 1 amide bonds. The predicted octanol–water partition coefficient (Wildman–Crippen LogP) is 3.30. The molecule has 1 aromatic carbocycles. The summed E-state index contributed by atoms with van der Waals surface area (Å²) < 4.78 is 39.0. The molecule has 0 heterocycles. The molecule has 0 aliphatic carbocycles. The molecule has 0 unspecified atom stereocenters. The Bertz CT molecular complexity index is 445. The number of amides is 1. The molecule has 0 fully saturated rings. The summed E-state index contributed by atoms with van der Waals surface area (Å²) in [6, 6.07) is 1.39. The van der Waals surface area contributed by atoms with Gasteiger partial charge in [0.2, 0.25) is 5.91 Å². The number of hydrogen-bond donors (Lipinski definition) is 0. The maximum atomic E-state index is 13.3. The van der Waals surface area contributed by atoms with Gasteiger partial charge < -0.3 is 4.90 Å². The molecule has 0 saturated heterocycles. The first-order chi connectivity index (χ1) is 8.99. The minimum Gasteiger partial charge on any atom is -0.343 e. The lowest BCUT2D eigenvalue weighted by Gasteiger charge is -2.18. The van der Waals surface area contributed by atoms with Gasteiger partial charge in [-0.1, -0.05) is 0 Å². The lowest BCUT2D eigenvalue weighted by atomic mass is 10.1. The van der Waals surface area contributed by atoms with Crippen LogP contribution in [0.15, 0.2) is 12.1 Å². The average molecular weight is 273 g/mol. The lowest BCUT2D eigenvalue weighted by Crippen LogP contribution is -2.30. The highest BCUT2D eigenvalue weighted by Crippen LogP contribution is 2.16. The first-order valence-corrected chi connectivity index (χ1v) is 6.40. The quantitative estimate of drug-likeness (QED) is 0.728. The molecule has 1 rings (SSSR count). The molecule has 0 aliphatic heterocycles. The summed E-state index contributed by atoms with van der Waals surface area (Å²) in [5, 5.41) is 0. The van der Waals surface area contributed by atoms with Gasteiger partial charge >= 0.3 is 0 Å². The Kier molecular flexibility index (Phi) is 5.86. The van der Waals surface area contributed by atoms with E-state index in [0.717, 1.165) is 6.07 Å². The smallest absolute Gasteiger partial charge is 0.222 e. The summed E-state index contributed by atoms with van der Waals surface area (Å²) in [6.07, 6.45) is 0.910. The predicted molar refractivity (Wildman–Crippen MR) is 67.2 cm³/mol. The van der Waals surface area contributed by atoms with Crippen molar-refractivity contribution in [3.63, 3.8) is 0 Å². The summed E-state index contributed by atoms with van der Waals surface area (Å²) in [6.45, 7) is 5.04. The van der Waals surface area contributed by atoms with Gasteiger partial charge in [-0.3, -0.25) is 4.79 Å². The fraction of sp³-hybridized carbons (Fsp3) is 0.500. The maximum Gasteiger partial charge on any atom is 0.222 e. The number of nitrogens with zero attached hydrogens (tertiary/aromatic N) is 1. The molecule has 0 aliphatic rings. The molecule has 19 heavy (non-hydrogen) atoms. The standard InChI is InChI=1S/C14H18F3NO/c1-3-18(4-2)14(19)7-5-6-10-8-12(16)13(17)9-11(10)15/h8-9H,3-7H2,1-2H3. The maximum absolute atomic E-state index is 13.3. The highest BCUT2D eigenvalue weighted by molar-refractivity contribution is 5.76. The molecule has 0 N–H and O–H groups in total. The van der Waals surface area contributed by atoms with Crippen molar-refractivity contribution in [2.75, 3.05) is 13.1 Å². The monoisotopic (exact) mass is 273 g/mol. The van der Waals surface area contributed by atoms with Gasteiger partial charge in [-0.2, -0.15) is 0 Å². The van der Waals surface area contributed by atoms with E-state index in [-0.39, 0.29) is 24.3 Å². The van der Waals surface area contributed by atoms with E-state index in [2.05, 4.69) is 0 Å². The largest absolute Gasteiger partial charge is 0.343 e. The Labute approximate surface area is 111 Å². The van der Waals surface area contributed by atoms with E-state index in [1.165, 1.54) is 0 Å². The van der Waals surface area contributed by atoms with Crippen LogP contribution in [0.4, 0.5) is 13.2 Å². The molecule has 0 bridgehead atoms. The van der Waals surface area contributed by atoms with Gasteiger partial charge in [0.15, 0.2) is 11.6 Å². The van der Waals surface area contributed by atoms with E-state index in [0.29, 0.717) is 25.6 Å². The van der Waals surface area contributed by atoms with Gasteiger partial charge in [-0.25, -0.2) is 13.2 Å². The van der Waals surface area contributed by atoms with Crippen molar-refractivity contribution >= 4 is 5.91 Å². The van der Waals surface area contributed by atoms with Crippen LogP contribution in [0.2, 0.25) is 0 Å². The summed E-state index contributed by atoms with van der Waals surface area (Å²) in [7, 11) is 0. The van der Waals surface area contributed by atoms with E-state index >= 15 is 0 Å². The zero-order valence-electron chi connectivity index (χ0n) is 11.2. The average Bonchev–Trinajstić information content (AvgIpc) is 2.37. The first kappa shape index (κ1) is 15.5. The number of carbonyl (C=O) groups is 1. The molecular formula is C14H18F3NO. The summed E-state index contributed by atoms with van der Waals surface area (Å²) in [5.74, 6) is -3.03. The van der Waals surface area contributed by atoms with E-state index in [9.17, 15) is 18.0 Å². The molecule has 0 aromatic heterocycles. The molecule has 0 atom stereocenters. The zero-order chi connectivity index (χ0) is 14.4. The normalized spacial score (nSPS) is 10.6. The van der Waals surface area contributed by atoms with Gasteiger partial charge in [0.05, 0.1) is 0 Å². The molecular weight excluding hydrogens is 255 g/mol. The molecule has 2 nitrogen and oxygen atoms in total. The van der Waals surface area contributed by atoms with Gasteiger partial charge in [-0.05, 0) is 38.3 Å². The minimum absolute atomic E-state index is 0.00649. The van der Waals surface area contributed by atoms with Crippen molar-refractivity contribution in [3.05, 3.63) is 35.1 Å². The van der Waals surface area contributed by atoms with Gasteiger partial charge in [0.1, 0.15) is 5.82 Å². The summed E-state index contributed by atoms with van der Waals surface area (Å²) >= 11 is 0. The summed E-state index contributed by atoms with van der Waals surface area (Å²) in [5.41, 5.74) is 0.103. The Balaban J connectivity index is 2.54. The molecule has 0 saturated carbocycles. The molecule has 5 heteroatoms. The van der Waals surface area contributed by atoms with Crippen molar-refractivity contribution in [2.24, 2.45) is 0 Å². The van der Waals surface area contributed by atoms with E-state index in [4.69, 9.17) is 0 Å². The Morgan fingerprint density at radius 2 is 1.63 bits per heavy atom. The third-order valence-corrected chi connectivity index (χ3v) is 3.04. The van der Waals surface area contributed by atoms with E-state index in [1.54, 1.807) is 4.90 Å². The Hall–Kier alpha value is -1.52. The van der Waals surface area contributed by atoms with E-state index in [1.807, 2.05) is 13.8 Å². The van der Waals surface area contributed by atoms with Crippen LogP contribution in [0.5, 0.6) is 0 Å². The second-order valence-corrected chi connectivity index (χ2v) is 4.28. The molecule has 0 radical (unpaired) electrons. The highest BCUT2D eigenvalue weighted by Gasteiger charge is 2.12.